The lowest BCUT2D eigenvalue weighted by Gasteiger charge is -2.39. The lowest BCUT2D eigenvalue weighted by Crippen LogP contribution is -2.44. The van der Waals surface area contributed by atoms with E-state index in [1.807, 2.05) is 0 Å². The normalized spacial score (nSPS) is 20.2. The third-order valence-electron chi connectivity index (χ3n) is 9.08. The van der Waals surface area contributed by atoms with Crippen LogP contribution in [0.1, 0.15) is 54.4 Å². The topological polar surface area (TPSA) is 18.5 Å². The number of fused-ring (bicyclic) bond motifs is 2. The highest BCUT2D eigenvalue weighted by Gasteiger charge is 2.41. The van der Waals surface area contributed by atoms with Gasteiger partial charge in [0.05, 0.1) is 12.2 Å². The second kappa shape index (κ2) is 9.54. The molecule has 2 aliphatic carbocycles. The van der Waals surface area contributed by atoms with Gasteiger partial charge in [-0.25, -0.2) is 0 Å². The van der Waals surface area contributed by atoms with Crippen molar-refractivity contribution in [1.82, 2.24) is 0 Å². The Morgan fingerprint density at radius 2 is 0.917 bits per heavy atom. The monoisotopic (exact) mass is 518 g/mol. The summed E-state index contributed by atoms with van der Waals surface area (Å²) in [7, 11) is -3.84. The second-order valence-corrected chi connectivity index (χ2v) is 23.2. The van der Waals surface area contributed by atoms with E-state index in [1.54, 1.807) is 0 Å². The largest absolute Gasteiger partial charge is 0.407 e. The number of rotatable bonds is 7. The smallest absolute Gasteiger partial charge is 0.193 e. The molecule has 36 heavy (non-hydrogen) atoms. The summed E-state index contributed by atoms with van der Waals surface area (Å²) in [6.07, 6.45) is 6.81. The fourth-order valence-electron chi connectivity index (χ4n) is 4.73. The lowest BCUT2D eigenvalue weighted by molar-refractivity contribution is 0.280. The molecule has 4 rings (SSSR count). The molecule has 0 amide bonds. The maximum atomic E-state index is 7.00. The Kier molecular flexibility index (Phi) is 7.24. The highest BCUT2D eigenvalue weighted by molar-refractivity contribution is 6.74. The predicted octanol–water partition coefficient (Wildman–Crippen LogP) is 5.84. The Balaban J connectivity index is 1.69. The molecule has 0 N–H and O–H groups in total. The van der Waals surface area contributed by atoms with Gasteiger partial charge in [-0.1, -0.05) is 90.1 Å². The second-order valence-electron chi connectivity index (χ2n) is 13.7. The maximum Gasteiger partial charge on any atom is 0.193 e. The molecule has 0 aromatic heterocycles. The van der Waals surface area contributed by atoms with E-state index in [2.05, 4.69) is 128 Å². The molecule has 2 nitrogen and oxygen atoms in total. The summed E-state index contributed by atoms with van der Waals surface area (Å²) in [4.78, 5) is 0. The van der Waals surface area contributed by atoms with Crippen molar-refractivity contribution in [1.29, 1.82) is 0 Å². The molecule has 0 radical (unpaired) electrons. The van der Waals surface area contributed by atoms with Crippen LogP contribution in [0.2, 0.25) is 36.3 Å². The molecule has 4 heteroatoms. The van der Waals surface area contributed by atoms with E-state index in [4.69, 9.17) is 8.85 Å². The molecule has 0 saturated carbocycles. The minimum absolute atomic E-state index is 0.0595. The van der Waals surface area contributed by atoms with Crippen LogP contribution in [0.3, 0.4) is 0 Å². The Hall–Kier alpha value is -1.73. The zero-order valence-corrected chi connectivity index (χ0v) is 26.2. The summed E-state index contributed by atoms with van der Waals surface area (Å²) in [6.45, 7) is 23.4. The first kappa shape index (κ1) is 27.3. The van der Waals surface area contributed by atoms with Crippen molar-refractivity contribution in [2.75, 3.05) is 0 Å². The molecule has 0 unspecified atom stereocenters. The fraction of sp³-hybridized carbons (Fsp3) is 0.500. The Morgan fingerprint density at radius 3 is 1.25 bits per heavy atom. The van der Waals surface area contributed by atoms with E-state index in [0.717, 1.165) is 12.8 Å². The quantitative estimate of drug-likeness (QED) is 0.429. The number of hydrogen-bond donors (Lipinski definition) is 0. The highest BCUT2D eigenvalue weighted by atomic mass is 28.4. The van der Waals surface area contributed by atoms with Gasteiger partial charge in [-0.05, 0) is 93.3 Å². The van der Waals surface area contributed by atoms with Crippen LogP contribution < -0.4 is 20.9 Å². The first-order chi connectivity index (χ1) is 16.6. The SMILES string of the molecule is CC(C)(C)[Si](C)(C)O[C@H]1C=c2ccccc2=C1CCC1=c2ccccc2=C[C@@H]1O[Si](C)(C)C(C)(C)C. The van der Waals surface area contributed by atoms with Crippen LogP contribution in [0.25, 0.3) is 23.3 Å². The van der Waals surface area contributed by atoms with Gasteiger partial charge in [-0.3, -0.25) is 0 Å². The minimum Gasteiger partial charge on any atom is -0.407 e. The van der Waals surface area contributed by atoms with Gasteiger partial charge in [0.25, 0.3) is 0 Å². The molecule has 0 fully saturated rings. The van der Waals surface area contributed by atoms with Crippen molar-refractivity contribution in [3.63, 3.8) is 0 Å². The van der Waals surface area contributed by atoms with Crippen molar-refractivity contribution in [3.05, 3.63) is 69.4 Å². The van der Waals surface area contributed by atoms with Crippen LogP contribution in [-0.2, 0) is 8.85 Å². The third kappa shape index (κ3) is 5.29. The summed E-state index contributed by atoms with van der Waals surface area (Å²) < 4.78 is 14.0. The molecule has 0 saturated heterocycles. The van der Waals surface area contributed by atoms with E-state index in [0.29, 0.717) is 0 Å². The van der Waals surface area contributed by atoms with Gasteiger partial charge in [0.1, 0.15) is 0 Å². The maximum absolute atomic E-state index is 7.00. The fourth-order valence-corrected chi connectivity index (χ4v) is 7.12. The Labute approximate surface area is 220 Å². The third-order valence-corrected chi connectivity index (χ3v) is 18.0. The van der Waals surface area contributed by atoms with Crippen LogP contribution in [0.4, 0.5) is 0 Å². The Morgan fingerprint density at radius 1 is 0.583 bits per heavy atom. The van der Waals surface area contributed by atoms with E-state index in [9.17, 15) is 0 Å². The predicted molar refractivity (Wildman–Crippen MR) is 161 cm³/mol. The summed E-state index contributed by atoms with van der Waals surface area (Å²) in [5.41, 5.74) is 2.86. The first-order valence-electron chi connectivity index (χ1n) is 13.6. The van der Waals surface area contributed by atoms with Crippen molar-refractivity contribution in [2.24, 2.45) is 0 Å². The number of hydrogen-bond acceptors (Lipinski definition) is 2. The van der Waals surface area contributed by atoms with E-state index < -0.39 is 16.6 Å². The average Bonchev–Trinajstić information content (AvgIpc) is 3.27. The summed E-state index contributed by atoms with van der Waals surface area (Å²) in [5, 5.41) is 5.70. The highest BCUT2D eigenvalue weighted by Crippen LogP contribution is 2.41. The first-order valence-corrected chi connectivity index (χ1v) is 19.4. The standard InChI is InChI=1S/C32H46O2Si2/c1-31(2,3)35(7,8)33-29-21-23-15-11-13-17-25(23)27(29)19-20-28-26-18-14-12-16-24(26)22-30(28)34-36(9,10)32(4,5)6/h11-18,21-22,29-30H,19-20H2,1-10H3/t29-,30-/m0/s1. The summed E-state index contributed by atoms with van der Waals surface area (Å²) >= 11 is 0. The molecule has 2 atom stereocenters. The molecule has 0 spiro atoms. The van der Waals surface area contributed by atoms with Gasteiger partial charge in [-0.15, -0.1) is 0 Å². The zero-order chi connectivity index (χ0) is 26.5. The van der Waals surface area contributed by atoms with Gasteiger partial charge in [0.15, 0.2) is 16.6 Å². The van der Waals surface area contributed by atoms with Gasteiger partial charge >= 0.3 is 0 Å². The zero-order valence-electron chi connectivity index (χ0n) is 24.2. The van der Waals surface area contributed by atoms with Gasteiger partial charge in [0.2, 0.25) is 0 Å². The molecular weight excluding hydrogens is 473 g/mol. The molecule has 194 valence electrons. The number of benzene rings is 2. The molecule has 2 aliphatic rings. The van der Waals surface area contributed by atoms with E-state index in [-0.39, 0.29) is 22.3 Å². The van der Waals surface area contributed by atoms with E-state index in [1.165, 1.54) is 32.0 Å². The van der Waals surface area contributed by atoms with Gasteiger partial charge in [-0.2, -0.15) is 0 Å². The minimum atomic E-state index is -1.92. The molecular formula is C32H46O2Si2. The van der Waals surface area contributed by atoms with Crippen molar-refractivity contribution in [3.8, 4) is 0 Å². The van der Waals surface area contributed by atoms with E-state index >= 15 is 0 Å². The van der Waals surface area contributed by atoms with Crippen molar-refractivity contribution < 1.29 is 8.85 Å². The molecule has 0 bridgehead atoms. The Bertz CT molecular complexity index is 1260. The summed E-state index contributed by atoms with van der Waals surface area (Å²) in [5.74, 6) is 0. The molecule has 0 aliphatic heterocycles. The molecule has 2 aromatic rings. The summed E-state index contributed by atoms with van der Waals surface area (Å²) in [6, 6.07) is 17.6. The van der Waals surface area contributed by atoms with Crippen LogP contribution in [0, 0.1) is 0 Å². The van der Waals surface area contributed by atoms with Crippen LogP contribution in [0.5, 0.6) is 0 Å². The molecule has 2 aromatic carbocycles. The van der Waals surface area contributed by atoms with Crippen LogP contribution in [-0.4, -0.2) is 28.8 Å². The van der Waals surface area contributed by atoms with Crippen molar-refractivity contribution in [2.45, 2.75) is 103 Å². The van der Waals surface area contributed by atoms with Gasteiger partial charge in [0, 0.05) is 0 Å². The van der Waals surface area contributed by atoms with Crippen LogP contribution >= 0.6 is 0 Å². The van der Waals surface area contributed by atoms with Crippen molar-refractivity contribution >= 4 is 39.9 Å². The lowest BCUT2D eigenvalue weighted by atomic mass is 9.98. The van der Waals surface area contributed by atoms with Crippen LogP contribution in [0.15, 0.2) is 48.5 Å². The average molecular weight is 519 g/mol. The van der Waals surface area contributed by atoms with Gasteiger partial charge < -0.3 is 8.85 Å². The molecule has 0 heterocycles.